The molecule has 0 unspecified atom stereocenters. The Morgan fingerprint density at radius 2 is 1.84 bits per heavy atom. The first kappa shape index (κ1) is 28.3. The second kappa shape index (κ2) is 13.1. The quantitative estimate of drug-likeness (QED) is 0.458. The largest absolute Gasteiger partial charge is 1.00 e. The van der Waals surface area contributed by atoms with Gasteiger partial charge in [-0.05, 0) is 47.6 Å². The molecule has 0 bridgehead atoms. The Kier molecular flexibility index (Phi) is 12.0. The van der Waals surface area contributed by atoms with E-state index in [4.69, 9.17) is 4.74 Å². The highest BCUT2D eigenvalue weighted by Gasteiger charge is 2.35. The standard InChI is InChI=1S/C25H42N2O2S.BrH.H2/c1-25(2,3)15-16-27(4,5)23(19-30-18-21-9-7-8-10-21)24(28)26-17-20-11-13-22(29-6)14-12-20;;/h11-14,21,23H,7-10,15-19H2,1-6H3;2*1H/t23-;;/m0../s1. The molecule has 0 saturated heterocycles. The van der Waals surface area contributed by atoms with Crippen molar-refractivity contribution in [2.45, 2.75) is 65.5 Å². The van der Waals surface area contributed by atoms with Crippen molar-refractivity contribution in [2.75, 3.05) is 39.3 Å². The summed E-state index contributed by atoms with van der Waals surface area (Å²) in [6.07, 6.45) is 6.59. The molecule has 0 aromatic heterocycles. The molecule has 31 heavy (non-hydrogen) atoms. The van der Waals surface area contributed by atoms with E-state index in [1.54, 1.807) is 7.11 Å². The van der Waals surface area contributed by atoms with E-state index in [0.717, 1.165) is 40.4 Å². The number of methoxy groups -OCH3 is 1. The van der Waals surface area contributed by atoms with Gasteiger partial charge in [-0.1, -0.05) is 45.7 Å². The minimum absolute atomic E-state index is 0. The van der Waals surface area contributed by atoms with Crippen LogP contribution in [0.2, 0.25) is 0 Å². The Balaban J connectivity index is 0.00000480. The molecule has 1 aliphatic rings. The molecule has 1 N–H and O–H groups in total. The van der Waals surface area contributed by atoms with Gasteiger partial charge in [0.05, 0.1) is 33.5 Å². The number of amides is 1. The van der Waals surface area contributed by atoms with E-state index in [9.17, 15) is 4.79 Å². The van der Waals surface area contributed by atoms with E-state index in [1.807, 2.05) is 36.0 Å². The number of quaternary nitrogens is 1. The third-order valence-corrected chi connectivity index (χ3v) is 7.57. The molecule has 0 aliphatic heterocycles. The van der Waals surface area contributed by atoms with E-state index in [1.165, 1.54) is 31.4 Å². The van der Waals surface area contributed by atoms with Crippen LogP contribution in [0.3, 0.4) is 0 Å². The summed E-state index contributed by atoms with van der Waals surface area (Å²) < 4.78 is 5.97. The summed E-state index contributed by atoms with van der Waals surface area (Å²) in [5.74, 6) is 3.95. The van der Waals surface area contributed by atoms with E-state index in [2.05, 4.69) is 40.2 Å². The summed E-state index contributed by atoms with van der Waals surface area (Å²) in [5, 5.41) is 3.21. The zero-order chi connectivity index (χ0) is 22.2. The van der Waals surface area contributed by atoms with Crippen LogP contribution in [0.1, 0.15) is 59.9 Å². The maximum Gasteiger partial charge on any atom is 0.279 e. The molecule has 1 saturated carbocycles. The summed E-state index contributed by atoms with van der Waals surface area (Å²) in [7, 11) is 6.11. The van der Waals surface area contributed by atoms with Crippen molar-refractivity contribution in [3.63, 3.8) is 0 Å². The second-order valence-corrected chi connectivity index (χ2v) is 11.7. The van der Waals surface area contributed by atoms with Gasteiger partial charge in [0.1, 0.15) is 5.75 Å². The van der Waals surface area contributed by atoms with Gasteiger partial charge < -0.3 is 31.5 Å². The molecule has 1 atom stereocenters. The fraction of sp³-hybridized carbons (Fsp3) is 0.720. The smallest absolute Gasteiger partial charge is 0.279 e. The van der Waals surface area contributed by atoms with Gasteiger partial charge in [0.25, 0.3) is 5.91 Å². The number of rotatable bonds is 11. The number of hydrogen-bond donors (Lipinski definition) is 1. The Hall–Kier alpha value is -0.720. The van der Waals surface area contributed by atoms with Crippen LogP contribution in [0.15, 0.2) is 24.3 Å². The maximum atomic E-state index is 13.3. The van der Waals surface area contributed by atoms with Crippen LogP contribution in [0.5, 0.6) is 5.75 Å². The first-order valence-corrected chi connectivity index (χ1v) is 12.6. The number of hydrogen-bond acceptors (Lipinski definition) is 3. The third kappa shape index (κ3) is 10.2. The minimum atomic E-state index is -0.0306. The van der Waals surface area contributed by atoms with E-state index >= 15 is 0 Å². The summed E-state index contributed by atoms with van der Waals surface area (Å²) in [4.78, 5) is 13.3. The molecule has 2 rings (SSSR count). The second-order valence-electron chi connectivity index (χ2n) is 10.6. The topological polar surface area (TPSA) is 38.3 Å². The van der Waals surface area contributed by atoms with Crippen LogP contribution in [-0.2, 0) is 11.3 Å². The third-order valence-electron chi connectivity index (χ3n) is 6.31. The van der Waals surface area contributed by atoms with Gasteiger partial charge in [0.2, 0.25) is 0 Å². The van der Waals surface area contributed by atoms with Gasteiger partial charge in [-0.2, -0.15) is 11.8 Å². The van der Waals surface area contributed by atoms with Gasteiger partial charge >= 0.3 is 0 Å². The highest BCUT2D eigenvalue weighted by Crippen LogP contribution is 2.29. The summed E-state index contributed by atoms with van der Waals surface area (Å²) in [6, 6.07) is 7.89. The summed E-state index contributed by atoms with van der Waals surface area (Å²) >= 11 is 1.98. The summed E-state index contributed by atoms with van der Waals surface area (Å²) in [6.45, 7) is 8.40. The number of carbonyl (C=O) groups excluding carboxylic acids is 1. The first-order valence-electron chi connectivity index (χ1n) is 11.4. The zero-order valence-corrected chi connectivity index (χ0v) is 22.8. The highest BCUT2D eigenvalue weighted by atomic mass is 79.9. The minimum Gasteiger partial charge on any atom is -1.00 e. The molecule has 0 heterocycles. The lowest BCUT2D eigenvalue weighted by Crippen LogP contribution is -3.00. The van der Waals surface area contributed by atoms with Crippen molar-refractivity contribution < 1.29 is 32.4 Å². The monoisotopic (exact) mass is 516 g/mol. The molecule has 180 valence electrons. The summed E-state index contributed by atoms with van der Waals surface area (Å²) in [5.41, 5.74) is 1.37. The predicted octanol–water partition coefficient (Wildman–Crippen LogP) is 2.37. The molecule has 0 spiro atoms. The van der Waals surface area contributed by atoms with Gasteiger partial charge in [-0.25, -0.2) is 0 Å². The Bertz CT molecular complexity index is 659. The first-order chi connectivity index (χ1) is 14.1. The van der Waals surface area contributed by atoms with Crippen LogP contribution < -0.4 is 27.0 Å². The van der Waals surface area contributed by atoms with E-state index < -0.39 is 0 Å². The lowest BCUT2D eigenvalue weighted by molar-refractivity contribution is -0.904. The molecule has 1 aromatic carbocycles. The van der Waals surface area contributed by atoms with Crippen molar-refractivity contribution in [3.8, 4) is 5.75 Å². The fourth-order valence-electron chi connectivity index (χ4n) is 3.95. The number of nitrogens with one attached hydrogen (secondary N) is 1. The van der Waals surface area contributed by atoms with E-state index in [0.29, 0.717) is 6.54 Å². The number of ether oxygens (including phenoxy) is 1. The molecular formula is C25H45BrN2O2S. The average Bonchev–Trinajstić information content (AvgIpc) is 3.21. The van der Waals surface area contributed by atoms with Crippen LogP contribution in [-0.4, -0.2) is 55.7 Å². The predicted molar refractivity (Wildman–Crippen MR) is 131 cm³/mol. The Morgan fingerprint density at radius 1 is 1.23 bits per heavy atom. The van der Waals surface area contributed by atoms with Crippen molar-refractivity contribution in [1.82, 2.24) is 5.32 Å². The molecule has 1 fully saturated rings. The number of nitrogens with zero attached hydrogens (tertiary/aromatic N) is 1. The molecule has 1 amide bonds. The van der Waals surface area contributed by atoms with Crippen LogP contribution >= 0.6 is 11.8 Å². The van der Waals surface area contributed by atoms with Crippen molar-refractivity contribution in [3.05, 3.63) is 29.8 Å². The van der Waals surface area contributed by atoms with Gasteiger partial charge in [-0.15, -0.1) is 0 Å². The van der Waals surface area contributed by atoms with Gasteiger partial charge in [0.15, 0.2) is 6.04 Å². The molecular weight excluding hydrogens is 472 g/mol. The van der Waals surface area contributed by atoms with Crippen LogP contribution in [0.25, 0.3) is 0 Å². The number of halogens is 1. The SMILES string of the molecule is COc1ccc(CNC(=O)[C@H](CSCC2CCCC2)[N+](C)(C)CCC(C)(C)C)cc1.[Br-].[HH]. The number of thioether (sulfide) groups is 1. The number of benzene rings is 1. The highest BCUT2D eigenvalue weighted by molar-refractivity contribution is 7.99. The van der Waals surface area contributed by atoms with Crippen molar-refractivity contribution in [1.29, 1.82) is 0 Å². The van der Waals surface area contributed by atoms with Crippen molar-refractivity contribution >= 4 is 17.7 Å². The van der Waals surface area contributed by atoms with E-state index in [-0.39, 0.29) is 35.8 Å². The van der Waals surface area contributed by atoms with Crippen molar-refractivity contribution in [2.24, 2.45) is 11.3 Å². The lowest BCUT2D eigenvalue weighted by Gasteiger charge is -2.39. The average molecular weight is 518 g/mol. The zero-order valence-electron chi connectivity index (χ0n) is 20.4. The number of likely N-dealkylation sites (N-methyl/N-ethyl adjacent to an activating group) is 1. The molecule has 1 aromatic rings. The molecule has 1 aliphatic carbocycles. The van der Waals surface area contributed by atoms with Gasteiger partial charge in [-0.3, -0.25) is 4.79 Å². The van der Waals surface area contributed by atoms with Crippen LogP contribution in [0.4, 0.5) is 0 Å². The normalized spacial score (nSPS) is 15.9. The lowest BCUT2D eigenvalue weighted by atomic mass is 9.91. The Labute approximate surface area is 206 Å². The van der Waals surface area contributed by atoms with Crippen LogP contribution in [0, 0.1) is 11.3 Å². The molecule has 0 radical (unpaired) electrons. The maximum absolute atomic E-state index is 13.3. The van der Waals surface area contributed by atoms with Gasteiger partial charge in [0, 0.05) is 14.4 Å². The molecule has 6 heteroatoms. The molecule has 4 nitrogen and oxygen atoms in total. The fourth-order valence-corrected chi connectivity index (χ4v) is 5.53. The Morgan fingerprint density at radius 3 is 2.39 bits per heavy atom. The number of carbonyl (C=O) groups is 1.